The number of nitrogens with one attached hydrogen (secondary N) is 1. The Balaban J connectivity index is 2.87. The lowest BCUT2D eigenvalue weighted by Crippen LogP contribution is -2.13. The predicted molar refractivity (Wildman–Crippen MR) is 65.6 cm³/mol. The highest BCUT2D eigenvalue weighted by atomic mass is 16.1. The van der Waals surface area contributed by atoms with E-state index in [2.05, 4.69) is 29.9 Å². The zero-order chi connectivity index (χ0) is 11.9. The van der Waals surface area contributed by atoms with Crippen molar-refractivity contribution in [1.82, 2.24) is 9.97 Å². The van der Waals surface area contributed by atoms with Crippen LogP contribution >= 0.6 is 0 Å². The average molecular weight is 217 g/mol. The number of H-pyrrole nitrogens is 1. The molecule has 3 N–H and O–H groups in total. The first-order chi connectivity index (χ1) is 7.49. The maximum Gasteiger partial charge on any atom is 0.347 e. The number of hydrogen-bond donors (Lipinski definition) is 2. The van der Waals surface area contributed by atoms with Crippen molar-refractivity contribution in [2.75, 3.05) is 5.73 Å². The van der Waals surface area contributed by atoms with E-state index < -0.39 is 5.69 Å². The number of nitrogens with two attached hydrogens (primary N) is 1. The van der Waals surface area contributed by atoms with E-state index in [4.69, 9.17) is 5.73 Å². The Kier molecular flexibility index (Phi) is 2.42. The maximum absolute atomic E-state index is 11.2. The van der Waals surface area contributed by atoms with E-state index >= 15 is 0 Å². The van der Waals surface area contributed by atoms with Gasteiger partial charge in [-0.1, -0.05) is 19.9 Å². The van der Waals surface area contributed by atoms with Crippen molar-refractivity contribution in [3.8, 4) is 0 Å². The Hall–Kier alpha value is -1.84. The fourth-order valence-electron chi connectivity index (χ4n) is 1.82. The minimum atomic E-state index is -0.398. The minimum Gasteiger partial charge on any atom is -0.383 e. The van der Waals surface area contributed by atoms with Crippen molar-refractivity contribution in [2.45, 2.75) is 26.7 Å². The zero-order valence-corrected chi connectivity index (χ0v) is 9.66. The molecule has 1 heterocycles. The Morgan fingerprint density at radius 1 is 1.38 bits per heavy atom. The molecule has 0 aliphatic rings. The average Bonchev–Trinajstić information content (AvgIpc) is 2.19. The molecule has 0 spiro atoms. The maximum atomic E-state index is 11.2. The molecule has 0 fully saturated rings. The smallest absolute Gasteiger partial charge is 0.347 e. The van der Waals surface area contributed by atoms with Gasteiger partial charge in [0.25, 0.3) is 0 Å². The molecule has 0 radical (unpaired) electrons. The number of aromatic nitrogens is 2. The van der Waals surface area contributed by atoms with E-state index in [0.717, 1.165) is 16.5 Å². The highest BCUT2D eigenvalue weighted by Gasteiger charge is 2.08. The Bertz CT molecular complexity index is 599. The molecule has 0 saturated carbocycles. The molecule has 0 aliphatic carbocycles. The molecule has 1 aromatic heterocycles. The van der Waals surface area contributed by atoms with Crippen molar-refractivity contribution in [3.63, 3.8) is 0 Å². The van der Waals surface area contributed by atoms with Gasteiger partial charge in [-0.15, -0.1) is 0 Å². The SMILES string of the molecule is Cc1cc(C(C)C)cc2c(N)nc(=O)[nH]c12. The molecule has 0 atom stereocenters. The number of hydrogen-bond acceptors (Lipinski definition) is 3. The van der Waals surface area contributed by atoms with Gasteiger partial charge in [-0.25, -0.2) is 4.79 Å². The summed E-state index contributed by atoms with van der Waals surface area (Å²) in [6, 6.07) is 4.06. The normalized spacial score (nSPS) is 11.2. The molecule has 2 rings (SSSR count). The van der Waals surface area contributed by atoms with Crippen LogP contribution in [0.2, 0.25) is 0 Å². The Labute approximate surface area is 93.5 Å². The molecule has 0 aliphatic heterocycles. The zero-order valence-electron chi connectivity index (χ0n) is 9.66. The molecule has 16 heavy (non-hydrogen) atoms. The number of rotatable bonds is 1. The number of nitrogens with zero attached hydrogens (tertiary/aromatic N) is 1. The summed E-state index contributed by atoms with van der Waals surface area (Å²) < 4.78 is 0. The van der Waals surface area contributed by atoms with E-state index in [1.54, 1.807) is 0 Å². The number of aromatic amines is 1. The van der Waals surface area contributed by atoms with E-state index in [0.29, 0.717) is 11.7 Å². The van der Waals surface area contributed by atoms with Crippen molar-refractivity contribution < 1.29 is 0 Å². The second-order valence-corrected chi connectivity index (χ2v) is 4.34. The van der Waals surface area contributed by atoms with Gasteiger partial charge in [0.1, 0.15) is 5.82 Å². The number of anilines is 1. The third kappa shape index (κ3) is 1.66. The minimum absolute atomic E-state index is 0.296. The van der Waals surface area contributed by atoms with E-state index in [9.17, 15) is 4.79 Å². The summed E-state index contributed by atoms with van der Waals surface area (Å²) in [4.78, 5) is 17.7. The lowest BCUT2D eigenvalue weighted by Gasteiger charge is -2.10. The Morgan fingerprint density at radius 2 is 2.06 bits per heavy atom. The fraction of sp³-hybridized carbons (Fsp3) is 0.333. The van der Waals surface area contributed by atoms with Crippen LogP contribution in [0, 0.1) is 6.92 Å². The molecule has 4 heteroatoms. The molecular formula is C12H15N3O. The van der Waals surface area contributed by atoms with Crippen molar-refractivity contribution in [3.05, 3.63) is 33.7 Å². The Morgan fingerprint density at radius 3 is 2.69 bits per heavy atom. The second kappa shape index (κ2) is 3.63. The first-order valence-corrected chi connectivity index (χ1v) is 5.29. The monoisotopic (exact) mass is 217 g/mol. The first-order valence-electron chi connectivity index (χ1n) is 5.29. The van der Waals surface area contributed by atoms with E-state index in [-0.39, 0.29) is 0 Å². The van der Waals surface area contributed by atoms with Crippen LogP contribution in [-0.2, 0) is 0 Å². The second-order valence-electron chi connectivity index (χ2n) is 4.34. The predicted octanol–water partition coefficient (Wildman–Crippen LogP) is 1.94. The molecule has 4 nitrogen and oxygen atoms in total. The number of fused-ring (bicyclic) bond motifs is 1. The molecule has 0 amide bonds. The van der Waals surface area contributed by atoms with Gasteiger partial charge in [0.15, 0.2) is 0 Å². The fourth-order valence-corrected chi connectivity index (χ4v) is 1.82. The third-order valence-corrected chi connectivity index (χ3v) is 2.75. The van der Waals surface area contributed by atoms with Gasteiger partial charge in [0.05, 0.1) is 5.52 Å². The van der Waals surface area contributed by atoms with Crippen LogP contribution in [-0.4, -0.2) is 9.97 Å². The van der Waals surface area contributed by atoms with Crippen LogP contribution in [0.3, 0.4) is 0 Å². The van der Waals surface area contributed by atoms with Crippen LogP contribution in [0.5, 0.6) is 0 Å². The largest absolute Gasteiger partial charge is 0.383 e. The topological polar surface area (TPSA) is 71.8 Å². The van der Waals surface area contributed by atoms with Gasteiger partial charge in [-0.05, 0) is 30.0 Å². The molecule has 84 valence electrons. The lowest BCUT2D eigenvalue weighted by atomic mass is 9.98. The summed E-state index contributed by atoms with van der Waals surface area (Å²) in [6.07, 6.45) is 0. The van der Waals surface area contributed by atoms with Gasteiger partial charge in [0.2, 0.25) is 0 Å². The summed E-state index contributed by atoms with van der Waals surface area (Å²) in [6.45, 7) is 6.20. The highest BCUT2D eigenvalue weighted by molar-refractivity contribution is 5.90. The van der Waals surface area contributed by atoms with Crippen molar-refractivity contribution >= 4 is 16.7 Å². The number of aryl methyl sites for hydroxylation is 1. The molecule has 2 aromatic rings. The summed E-state index contributed by atoms with van der Waals surface area (Å²) in [5.41, 5.74) is 8.37. The van der Waals surface area contributed by atoms with Crippen molar-refractivity contribution in [2.24, 2.45) is 0 Å². The summed E-state index contributed by atoms with van der Waals surface area (Å²) in [7, 11) is 0. The first kappa shape index (κ1) is 10.7. The van der Waals surface area contributed by atoms with Gasteiger partial charge in [-0.2, -0.15) is 4.98 Å². The van der Waals surface area contributed by atoms with Crippen LogP contribution in [0.1, 0.15) is 30.9 Å². The van der Waals surface area contributed by atoms with Gasteiger partial charge in [-0.3, -0.25) is 0 Å². The summed E-state index contributed by atoms with van der Waals surface area (Å²) in [5.74, 6) is 0.721. The third-order valence-electron chi connectivity index (χ3n) is 2.75. The highest BCUT2D eigenvalue weighted by Crippen LogP contribution is 2.25. The molecule has 1 aromatic carbocycles. The van der Waals surface area contributed by atoms with Gasteiger partial charge in [0, 0.05) is 5.39 Å². The van der Waals surface area contributed by atoms with Gasteiger partial charge < -0.3 is 10.7 Å². The van der Waals surface area contributed by atoms with E-state index in [1.807, 2.05) is 13.0 Å². The number of benzene rings is 1. The summed E-state index contributed by atoms with van der Waals surface area (Å²) >= 11 is 0. The van der Waals surface area contributed by atoms with Crippen LogP contribution in [0.4, 0.5) is 5.82 Å². The van der Waals surface area contributed by atoms with Crippen LogP contribution in [0.25, 0.3) is 10.9 Å². The lowest BCUT2D eigenvalue weighted by molar-refractivity contribution is 0.866. The molecular weight excluding hydrogens is 202 g/mol. The number of nitrogen functional groups attached to an aromatic ring is 1. The van der Waals surface area contributed by atoms with Crippen LogP contribution < -0.4 is 11.4 Å². The summed E-state index contributed by atoms with van der Waals surface area (Å²) in [5, 5.41) is 0.823. The standard InChI is InChI=1S/C12H15N3O/c1-6(2)8-4-7(3)10-9(5-8)11(13)15-12(16)14-10/h4-6H,1-3H3,(H3,13,14,15,16). The van der Waals surface area contributed by atoms with E-state index in [1.165, 1.54) is 5.56 Å². The van der Waals surface area contributed by atoms with Crippen molar-refractivity contribution in [1.29, 1.82) is 0 Å². The quantitative estimate of drug-likeness (QED) is 0.766. The molecule has 0 bridgehead atoms. The molecule has 0 unspecified atom stereocenters. The van der Waals surface area contributed by atoms with Crippen LogP contribution in [0.15, 0.2) is 16.9 Å². The van der Waals surface area contributed by atoms with Gasteiger partial charge >= 0.3 is 5.69 Å². The molecule has 0 saturated heterocycles.